The number of methoxy groups -OCH3 is 1. The van der Waals surface area contributed by atoms with Crippen molar-refractivity contribution in [1.82, 2.24) is 0 Å². The molecule has 0 bridgehead atoms. The molecule has 0 saturated heterocycles. The first-order valence-electron chi connectivity index (χ1n) is 6.60. The molecule has 102 valence electrons. The van der Waals surface area contributed by atoms with Crippen LogP contribution in [-0.4, -0.2) is 18.9 Å². The van der Waals surface area contributed by atoms with E-state index in [4.69, 9.17) is 4.74 Å². The second-order valence-corrected chi connectivity index (χ2v) is 6.10. The summed E-state index contributed by atoms with van der Waals surface area (Å²) >= 11 is 0. The third-order valence-corrected chi connectivity index (χ3v) is 3.75. The Balaban J connectivity index is 2.42. The zero-order chi connectivity index (χ0) is 14.2. The van der Waals surface area contributed by atoms with Crippen LogP contribution in [0.5, 0.6) is 0 Å². The van der Waals surface area contributed by atoms with Gasteiger partial charge in [-0.3, -0.25) is 9.59 Å². The predicted octanol–water partition coefficient (Wildman–Crippen LogP) is 2.90. The fourth-order valence-electron chi connectivity index (χ4n) is 2.48. The Hall–Kier alpha value is -1.64. The maximum absolute atomic E-state index is 12.4. The highest BCUT2D eigenvalue weighted by atomic mass is 16.5. The van der Waals surface area contributed by atoms with Gasteiger partial charge in [-0.2, -0.15) is 0 Å². The van der Waals surface area contributed by atoms with Crippen LogP contribution in [0.2, 0.25) is 0 Å². The van der Waals surface area contributed by atoms with E-state index in [-0.39, 0.29) is 11.2 Å². The van der Waals surface area contributed by atoms with Crippen molar-refractivity contribution in [2.75, 3.05) is 7.11 Å². The fourth-order valence-corrected chi connectivity index (χ4v) is 2.48. The van der Waals surface area contributed by atoms with Crippen LogP contribution in [0.1, 0.15) is 48.7 Å². The summed E-state index contributed by atoms with van der Waals surface area (Å²) < 4.78 is 4.71. The van der Waals surface area contributed by atoms with Crippen LogP contribution in [0.3, 0.4) is 0 Å². The third-order valence-electron chi connectivity index (χ3n) is 3.75. The summed E-state index contributed by atoms with van der Waals surface area (Å²) in [5.74, 6) is -1.15. The molecule has 1 aliphatic rings. The van der Waals surface area contributed by atoms with E-state index in [1.807, 2.05) is 12.1 Å². The fraction of sp³-hybridized carbons (Fsp3) is 0.500. The summed E-state index contributed by atoms with van der Waals surface area (Å²) in [6.07, 6.45) is 1.30. The lowest BCUT2D eigenvalue weighted by atomic mass is 9.78. The molecule has 0 radical (unpaired) electrons. The highest BCUT2D eigenvalue weighted by molar-refractivity contribution is 6.10. The molecule has 1 atom stereocenters. The second-order valence-electron chi connectivity index (χ2n) is 6.10. The van der Waals surface area contributed by atoms with Crippen molar-refractivity contribution in [3.8, 4) is 0 Å². The second kappa shape index (κ2) is 4.80. The van der Waals surface area contributed by atoms with Crippen molar-refractivity contribution in [3.63, 3.8) is 0 Å². The number of rotatable bonds is 1. The highest BCUT2D eigenvalue weighted by Gasteiger charge is 2.34. The topological polar surface area (TPSA) is 43.4 Å². The molecule has 0 spiro atoms. The molecule has 0 aliphatic heterocycles. The molecule has 3 heteroatoms. The summed E-state index contributed by atoms with van der Waals surface area (Å²) in [6.45, 7) is 6.33. The number of aryl methyl sites for hydroxylation is 1. The minimum absolute atomic E-state index is 0.00643. The average Bonchev–Trinajstić information content (AvgIpc) is 2.37. The summed E-state index contributed by atoms with van der Waals surface area (Å²) in [7, 11) is 1.33. The predicted molar refractivity (Wildman–Crippen MR) is 73.3 cm³/mol. The van der Waals surface area contributed by atoms with Gasteiger partial charge in [-0.1, -0.05) is 32.9 Å². The maximum atomic E-state index is 12.4. The Morgan fingerprint density at radius 2 is 2.00 bits per heavy atom. The molecule has 1 aromatic carbocycles. The zero-order valence-corrected chi connectivity index (χ0v) is 11.9. The van der Waals surface area contributed by atoms with Gasteiger partial charge < -0.3 is 4.74 Å². The van der Waals surface area contributed by atoms with Crippen LogP contribution in [0.15, 0.2) is 18.2 Å². The van der Waals surface area contributed by atoms with E-state index < -0.39 is 11.9 Å². The first kappa shape index (κ1) is 13.8. The van der Waals surface area contributed by atoms with Crippen molar-refractivity contribution in [1.29, 1.82) is 0 Å². The van der Waals surface area contributed by atoms with E-state index in [2.05, 4.69) is 26.8 Å². The van der Waals surface area contributed by atoms with Gasteiger partial charge in [-0.25, -0.2) is 0 Å². The minimum Gasteiger partial charge on any atom is -0.468 e. The van der Waals surface area contributed by atoms with Crippen LogP contribution in [0, 0.1) is 5.92 Å². The van der Waals surface area contributed by atoms with Gasteiger partial charge in [0.25, 0.3) is 0 Å². The number of hydrogen-bond donors (Lipinski definition) is 0. The molecule has 0 fully saturated rings. The lowest BCUT2D eigenvalue weighted by Gasteiger charge is -2.25. The van der Waals surface area contributed by atoms with Gasteiger partial charge in [0.05, 0.1) is 7.11 Å². The van der Waals surface area contributed by atoms with E-state index in [1.165, 1.54) is 7.11 Å². The summed E-state index contributed by atoms with van der Waals surface area (Å²) in [5.41, 5.74) is 2.84. The van der Waals surface area contributed by atoms with Crippen LogP contribution in [-0.2, 0) is 21.4 Å². The molecule has 0 aromatic heterocycles. The maximum Gasteiger partial charge on any atom is 0.316 e. The Morgan fingerprint density at radius 1 is 1.32 bits per heavy atom. The van der Waals surface area contributed by atoms with Crippen LogP contribution in [0.25, 0.3) is 0 Å². The SMILES string of the molecule is COC(=O)C1CCc2ccc(C(C)(C)C)cc2C1=O. The zero-order valence-electron chi connectivity index (χ0n) is 11.9. The highest BCUT2D eigenvalue weighted by Crippen LogP contribution is 2.31. The average molecular weight is 260 g/mol. The van der Waals surface area contributed by atoms with Gasteiger partial charge in [-0.05, 0) is 35.4 Å². The minimum atomic E-state index is -0.632. The van der Waals surface area contributed by atoms with Gasteiger partial charge in [-0.15, -0.1) is 0 Å². The van der Waals surface area contributed by atoms with Crippen LogP contribution < -0.4 is 0 Å². The van der Waals surface area contributed by atoms with Gasteiger partial charge in [0, 0.05) is 5.56 Å². The molecule has 2 rings (SSSR count). The molecule has 1 unspecified atom stereocenters. The van der Waals surface area contributed by atoms with Crippen LogP contribution in [0.4, 0.5) is 0 Å². The van der Waals surface area contributed by atoms with Gasteiger partial charge in [0.1, 0.15) is 5.92 Å². The van der Waals surface area contributed by atoms with E-state index in [0.29, 0.717) is 12.0 Å². The van der Waals surface area contributed by atoms with Crippen molar-refractivity contribution in [2.24, 2.45) is 5.92 Å². The molecule has 1 aromatic rings. The monoisotopic (exact) mass is 260 g/mol. The number of hydrogen-bond acceptors (Lipinski definition) is 3. The number of benzene rings is 1. The molecule has 0 saturated carbocycles. The van der Waals surface area contributed by atoms with Crippen molar-refractivity contribution >= 4 is 11.8 Å². The standard InChI is InChI=1S/C16H20O3/c1-16(2,3)11-7-5-10-6-8-12(15(18)19-4)14(17)13(10)9-11/h5,7,9,12H,6,8H2,1-4H3. The molecule has 0 amide bonds. The smallest absolute Gasteiger partial charge is 0.316 e. The summed E-state index contributed by atoms with van der Waals surface area (Å²) in [4.78, 5) is 24.0. The van der Waals surface area contributed by atoms with Crippen molar-refractivity contribution < 1.29 is 14.3 Å². The molecule has 1 aliphatic carbocycles. The number of esters is 1. The summed E-state index contributed by atoms with van der Waals surface area (Å²) in [5, 5.41) is 0. The number of carbonyl (C=O) groups is 2. The van der Waals surface area contributed by atoms with E-state index in [9.17, 15) is 9.59 Å². The first-order chi connectivity index (χ1) is 8.84. The summed E-state index contributed by atoms with van der Waals surface area (Å²) in [6, 6.07) is 6.03. The Kier molecular flexibility index (Phi) is 3.48. The van der Waals surface area contributed by atoms with E-state index in [1.54, 1.807) is 0 Å². The Bertz CT molecular complexity index is 523. The van der Waals surface area contributed by atoms with Gasteiger partial charge >= 0.3 is 5.97 Å². The number of ether oxygens (including phenoxy) is 1. The van der Waals surface area contributed by atoms with Gasteiger partial charge in [0.15, 0.2) is 5.78 Å². The molecule has 3 nitrogen and oxygen atoms in total. The number of carbonyl (C=O) groups excluding carboxylic acids is 2. The lowest BCUT2D eigenvalue weighted by molar-refractivity contribution is -0.143. The van der Waals surface area contributed by atoms with Crippen LogP contribution >= 0.6 is 0 Å². The Labute approximate surface area is 114 Å². The molecule has 0 N–H and O–H groups in total. The number of fused-ring (bicyclic) bond motifs is 1. The van der Waals surface area contributed by atoms with E-state index >= 15 is 0 Å². The molecular weight excluding hydrogens is 240 g/mol. The Morgan fingerprint density at radius 3 is 2.58 bits per heavy atom. The normalized spacial score (nSPS) is 18.9. The van der Waals surface area contributed by atoms with E-state index in [0.717, 1.165) is 17.5 Å². The van der Waals surface area contributed by atoms with Crippen molar-refractivity contribution in [3.05, 3.63) is 34.9 Å². The first-order valence-corrected chi connectivity index (χ1v) is 6.60. The lowest BCUT2D eigenvalue weighted by Crippen LogP contribution is -2.30. The number of Topliss-reactive ketones (excluding diaryl/α,β-unsaturated/α-hetero) is 1. The van der Waals surface area contributed by atoms with Crippen molar-refractivity contribution in [2.45, 2.75) is 39.0 Å². The quantitative estimate of drug-likeness (QED) is 0.576. The number of ketones is 1. The molecular formula is C16H20O3. The molecule has 19 heavy (non-hydrogen) atoms. The van der Waals surface area contributed by atoms with Gasteiger partial charge in [0.2, 0.25) is 0 Å². The third kappa shape index (κ3) is 2.55. The largest absolute Gasteiger partial charge is 0.468 e. The molecule has 0 heterocycles.